The van der Waals surface area contributed by atoms with Gasteiger partial charge in [0, 0.05) is 32.3 Å². The highest BCUT2D eigenvalue weighted by Gasteiger charge is 2.09. The Morgan fingerprint density at radius 2 is 2.20 bits per heavy atom. The van der Waals surface area contributed by atoms with Crippen molar-refractivity contribution >= 4 is 11.6 Å². The van der Waals surface area contributed by atoms with Crippen LogP contribution in [0.5, 0.6) is 5.75 Å². The fraction of sp³-hybridized carbons (Fsp3) is 0.333. The summed E-state index contributed by atoms with van der Waals surface area (Å²) in [6.45, 7) is 5.04. The fourth-order valence-corrected chi connectivity index (χ4v) is 1.35. The Balaban J connectivity index is 2.54. The van der Waals surface area contributed by atoms with Gasteiger partial charge < -0.3 is 9.47 Å². The second kappa shape index (κ2) is 6.59. The summed E-state index contributed by atoms with van der Waals surface area (Å²) in [7, 11) is 1.68. The van der Waals surface area contributed by atoms with Crippen LogP contribution in [0, 0.1) is 13.3 Å². The molecule has 0 spiro atoms. The van der Waals surface area contributed by atoms with E-state index in [2.05, 4.69) is 6.92 Å². The Kier molecular flexibility index (Phi) is 5.37. The van der Waals surface area contributed by atoms with Crippen LogP contribution in [0.3, 0.4) is 0 Å². The predicted molar refractivity (Wildman–Crippen MR) is 62.2 cm³/mol. The molecule has 1 rings (SSSR count). The number of methoxy groups -OCH3 is 1. The maximum absolute atomic E-state index is 5.87. The lowest BCUT2D eigenvalue weighted by molar-refractivity contribution is 0.172. The standard InChI is InChI=1S/C12H15ClO2/c1-3-10-5-6-11(13)9-12(10)15-8-4-7-14-2/h3,5-6,9H,1,4,7-8H2,2H3. The Hall–Kier alpha value is -0.860. The number of ether oxygens (including phenoxy) is 2. The molecule has 0 amide bonds. The van der Waals surface area contributed by atoms with E-state index in [4.69, 9.17) is 21.1 Å². The molecule has 15 heavy (non-hydrogen) atoms. The molecule has 0 aliphatic heterocycles. The van der Waals surface area contributed by atoms with E-state index >= 15 is 0 Å². The summed E-state index contributed by atoms with van der Waals surface area (Å²) >= 11 is 5.87. The molecule has 82 valence electrons. The Morgan fingerprint density at radius 1 is 1.40 bits per heavy atom. The van der Waals surface area contributed by atoms with Gasteiger partial charge in [0.25, 0.3) is 0 Å². The number of rotatable bonds is 6. The summed E-state index contributed by atoms with van der Waals surface area (Å²) in [6.07, 6.45) is 2.61. The van der Waals surface area contributed by atoms with Crippen LogP contribution in [0.2, 0.25) is 5.02 Å². The average Bonchev–Trinajstić information content (AvgIpc) is 2.25. The first-order valence-electron chi connectivity index (χ1n) is 4.81. The van der Waals surface area contributed by atoms with Crippen molar-refractivity contribution in [1.82, 2.24) is 0 Å². The lowest BCUT2D eigenvalue weighted by Crippen LogP contribution is -2.02. The van der Waals surface area contributed by atoms with Gasteiger partial charge in [-0.15, -0.1) is 6.42 Å². The molecular formula is C12H15ClO2. The molecule has 0 saturated carbocycles. The third-order valence-electron chi connectivity index (χ3n) is 1.95. The highest BCUT2D eigenvalue weighted by molar-refractivity contribution is 6.30. The van der Waals surface area contributed by atoms with E-state index < -0.39 is 0 Å². The van der Waals surface area contributed by atoms with Crippen molar-refractivity contribution in [3.05, 3.63) is 42.1 Å². The largest absolute Gasteiger partial charge is 0.434 e. The molecule has 3 heteroatoms. The SMILES string of the molecule is [CH2-][CH+]c1ccc(Cl)cc1OCCCOC. The molecular weight excluding hydrogens is 212 g/mol. The molecule has 0 saturated heterocycles. The Morgan fingerprint density at radius 3 is 2.87 bits per heavy atom. The first-order valence-corrected chi connectivity index (χ1v) is 5.19. The predicted octanol–water partition coefficient (Wildman–Crippen LogP) is 3.14. The number of hydrogen-bond donors (Lipinski definition) is 0. The molecule has 0 heterocycles. The van der Waals surface area contributed by atoms with Crippen LogP contribution in [0.4, 0.5) is 0 Å². The van der Waals surface area contributed by atoms with Gasteiger partial charge in [0.15, 0.2) is 0 Å². The van der Waals surface area contributed by atoms with Crippen molar-refractivity contribution < 1.29 is 9.47 Å². The van der Waals surface area contributed by atoms with Crippen molar-refractivity contribution in [3.8, 4) is 5.75 Å². The first kappa shape index (κ1) is 12.2. The molecule has 0 N–H and O–H groups in total. The van der Waals surface area contributed by atoms with Crippen molar-refractivity contribution in [2.45, 2.75) is 6.42 Å². The van der Waals surface area contributed by atoms with Crippen molar-refractivity contribution in [2.24, 2.45) is 0 Å². The molecule has 1 aromatic rings. The molecule has 0 aliphatic rings. The Labute approximate surface area is 96.2 Å². The minimum atomic E-state index is 0.620. The number of hydrogen-bond acceptors (Lipinski definition) is 2. The summed E-state index contributed by atoms with van der Waals surface area (Å²) < 4.78 is 10.5. The molecule has 2 nitrogen and oxygen atoms in total. The first-order chi connectivity index (χ1) is 7.27. The van der Waals surface area contributed by atoms with E-state index in [-0.39, 0.29) is 0 Å². The zero-order valence-corrected chi connectivity index (χ0v) is 9.59. The van der Waals surface area contributed by atoms with Crippen molar-refractivity contribution in [2.75, 3.05) is 20.3 Å². The molecule has 0 fully saturated rings. The van der Waals surface area contributed by atoms with E-state index in [1.165, 1.54) is 0 Å². The lowest BCUT2D eigenvalue weighted by atomic mass is 10.1. The van der Waals surface area contributed by atoms with Gasteiger partial charge >= 0.3 is 0 Å². The second-order valence-electron chi connectivity index (χ2n) is 3.08. The lowest BCUT2D eigenvalue weighted by Gasteiger charge is -2.05. The van der Waals surface area contributed by atoms with Crippen molar-refractivity contribution in [1.29, 1.82) is 0 Å². The van der Waals surface area contributed by atoms with Gasteiger partial charge in [-0.3, -0.25) is 6.92 Å². The van der Waals surface area contributed by atoms with E-state index in [1.54, 1.807) is 19.6 Å². The summed E-state index contributed by atoms with van der Waals surface area (Å²) in [6, 6.07) is 5.51. The molecule has 0 aromatic heterocycles. The molecule has 0 bridgehead atoms. The zero-order chi connectivity index (χ0) is 11.1. The van der Waals surface area contributed by atoms with Gasteiger partial charge in [-0.05, 0) is 0 Å². The molecule has 0 unspecified atom stereocenters. The van der Waals surface area contributed by atoms with Gasteiger partial charge in [-0.1, -0.05) is 11.6 Å². The van der Waals surface area contributed by atoms with Gasteiger partial charge in [0.1, 0.15) is 12.2 Å². The molecule has 0 aliphatic carbocycles. The maximum atomic E-state index is 5.87. The van der Waals surface area contributed by atoms with Crippen LogP contribution >= 0.6 is 11.6 Å². The normalized spacial score (nSPS) is 10.1. The minimum absolute atomic E-state index is 0.620. The summed E-state index contributed by atoms with van der Waals surface area (Å²) in [5.74, 6) is 0.772. The monoisotopic (exact) mass is 226 g/mol. The summed E-state index contributed by atoms with van der Waals surface area (Å²) in [5, 5.41) is 0.669. The van der Waals surface area contributed by atoms with Crippen molar-refractivity contribution in [3.63, 3.8) is 0 Å². The van der Waals surface area contributed by atoms with Gasteiger partial charge in [-0.25, -0.2) is 0 Å². The maximum Gasteiger partial charge on any atom is 0.230 e. The van der Waals surface area contributed by atoms with Crippen LogP contribution < -0.4 is 4.74 Å². The van der Waals surface area contributed by atoms with Gasteiger partial charge in [0.05, 0.1) is 11.1 Å². The van der Waals surface area contributed by atoms with E-state index in [0.29, 0.717) is 18.2 Å². The van der Waals surface area contributed by atoms with Crippen LogP contribution in [0.1, 0.15) is 12.0 Å². The molecule has 0 atom stereocenters. The van der Waals surface area contributed by atoms with E-state index in [9.17, 15) is 0 Å². The highest BCUT2D eigenvalue weighted by atomic mass is 35.5. The van der Waals surface area contributed by atoms with Crippen LogP contribution in [-0.2, 0) is 4.74 Å². The quantitative estimate of drug-likeness (QED) is 0.548. The number of halogens is 1. The zero-order valence-electron chi connectivity index (χ0n) is 8.83. The second-order valence-corrected chi connectivity index (χ2v) is 3.52. The van der Waals surface area contributed by atoms with Crippen LogP contribution in [-0.4, -0.2) is 20.3 Å². The number of benzene rings is 1. The van der Waals surface area contributed by atoms with Gasteiger partial charge in [-0.2, -0.15) is 0 Å². The molecule has 1 aromatic carbocycles. The molecule has 0 radical (unpaired) electrons. The highest BCUT2D eigenvalue weighted by Crippen LogP contribution is 2.24. The minimum Gasteiger partial charge on any atom is -0.434 e. The third-order valence-corrected chi connectivity index (χ3v) is 2.18. The van der Waals surface area contributed by atoms with Gasteiger partial charge in [0.2, 0.25) is 5.75 Å². The fourth-order valence-electron chi connectivity index (χ4n) is 1.19. The van der Waals surface area contributed by atoms with Crippen LogP contribution in [0.15, 0.2) is 18.2 Å². The third kappa shape index (κ3) is 4.02. The Bertz CT molecular complexity index is 300. The van der Waals surface area contributed by atoms with E-state index in [0.717, 1.165) is 17.7 Å². The van der Waals surface area contributed by atoms with E-state index in [1.807, 2.05) is 12.1 Å². The topological polar surface area (TPSA) is 18.5 Å². The van der Waals surface area contributed by atoms with Crippen LogP contribution in [0.25, 0.3) is 0 Å². The smallest absolute Gasteiger partial charge is 0.230 e. The summed E-state index contributed by atoms with van der Waals surface area (Å²) in [4.78, 5) is 0. The average molecular weight is 227 g/mol. The summed E-state index contributed by atoms with van der Waals surface area (Å²) in [5.41, 5.74) is 0.955.